The van der Waals surface area contributed by atoms with Crippen molar-refractivity contribution in [3.63, 3.8) is 0 Å². The Morgan fingerprint density at radius 2 is 1.52 bits per heavy atom. The fourth-order valence-corrected chi connectivity index (χ4v) is 3.71. The van der Waals surface area contributed by atoms with Crippen molar-refractivity contribution < 1.29 is 10.2 Å². The van der Waals surface area contributed by atoms with Crippen LogP contribution in [0.2, 0.25) is 0 Å². The number of allylic oxidation sites excluding steroid dienone is 2. The van der Waals surface area contributed by atoms with Gasteiger partial charge in [0, 0.05) is 28.5 Å². The summed E-state index contributed by atoms with van der Waals surface area (Å²) in [6, 6.07) is 9.75. The van der Waals surface area contributed by atoms with Crippen LogP contribution in [0.3, 0.4) is 0 Å². The summed E-state index contributed by atoms with van der Waals surface area (Å²) in [7, 11) is 0. The van der Waals surface area contributed by atoms with Crippen LogP contribution in [-0.4, -0.2) is 10.2 Å². The summed E-state index contributed by atoms with van der Waals surface area (Å²) >= 11 is 0. The van der Waals surface area contributed by atoms with E-state index in [9.17, 15) is 10.2 Å². The largest absolute Gasteiger partial charge is 0.508 e. The number of benzene rings is 2. The van der Waals surface area contributed by atoms with Crippen molar-refractivity contribution >= 4 is 0 Å². The zero-order chi connectivity index (χ0) is 14.6. The number of fused-ring (bicyclic) bond motifs is 1. The molecule has 21 heavy (non-hydrogen) atoms. The summed E-state index contributed by atoms with van der Waals surface area (Å²) < 4.78 is 0. The number of phenols is 2. The molecule has 106 valence electrons. The Morgan fingerprint density at radius 1 is 0.905 bits per heavy atom. The van der Waals surface area contributed by atoms with Gasteiger partial charge in [-0.05, 0) is 31.4 Å². The molecule has 0 aromatic heterocycles. The highest BCUT2D eigenvalue weighted by Gasteiger charge is 2.34. The van der Waals surface area contributed by atoms with Gasteiger partial charge in [0.1, 0.15) is 11.5 Å². The minimum atomic E-state index is 0.237. The van der Waals surface area contributed by atoms with Crippen LogP contribution in [0, 0.1) is 6.92 Å². The SMILES string of the molecule is Cc1ccc(-c2cc(O)c3c(c2O)[C@H]2C=C[C@@H]3CC2)cc1. The minimum absolute atomic E-state index is 0.237. The first kappa shape index (κ1) is 12.5. The topological polar surface area (TPSA) is 40.5 Å². The average molecular weight is 278 g/mol. The van der Waals surface area contributed by atoms with Gasteiger partial charge in [-0.25, -0.2) is 0 Å². The number of aromatic hydroxyl groups is 2. The van der Waals surface area contributed by atoms with Crippen LogP contribution in [-0.2, 0) is 0 Å². The van der Waals surface area contributed by atoms with Gasteiger partial charge in [-0.3, -0.25) is 0 Å². The monoisotopic (exact) mass is 278 g/mol. The second kappa shape index (κ2) is 4.39. The van der Waals surface area contributed by atoms with E-state index in [1.54, 1.807) is 6.07 Å². The normalized spacial score (nSPS) is 22.3. The maximum Gasteiger partial charge on any atom is 0.127 e. The molecule has 0 saturated carbocycles. The predicted octanol–water partition coefficient (Wildman–Crippen LogP) is 4.60. The van der Waals surface area contributed by atoms with Crippen molar-refractivity contribution in [3.05, 3.63) is 59.2 Å². The lowest BCUT2D eigenvalue weighted by Crippen LogP contribution is -2.17. The van der Waals surface area contributed by atoms with Gasteiger partial charge >= 0.3 is 0 Å². The molecule has 0 fully saturated rings. The van der Waals surface area contributed by atoms with Crippen LogP contribution < -0.4 is 0 Å². The predicted molar refractivity (Wildman–Crippen MR) is 83.8 cm³/mol. The Morgan fingerprint density at radius 3 is 2.14 bits per heavy atom. The van der Waals surface area contributed by atoms with E-state index >= 15 is 0 Å². The Balaban J connectivity index is 1.94. The molecule has 0 unspecified atom stereocenters. The quantitative estimate of drug-likeness (QED) is 0.591. The highest BCUT2D eigenvalue weighted by Crippen LogP contribution is 2.54. The van der Waals surface area contributed by atoms with E-state index in [0.29, 0.717) is 11.5 Å². The summed E-state index contributed by atoms with van der Waals surface area (Å²) in [5.74, 6) is 1.15. The Kier molecular flexibility index (Phi) is 2.61. The molecular weight excluding hydrogens is 260 g/mol. The number of aryl methyl sites for hydroxylation is 1. The Hall–Kier alpha value is -2.22. The van der Waals surface area contributed by atoms with E-state index in [2.05, 4.69) is 12.2 Å². The molecule has 3 aliphatic rings. The molecule has 0 spiro atoms. The summed E-state index contributed by atoms with van der Waals surface area (Å²) in [6.07, 6.45) is 6.46. The lowest BCUT2D eigenvalue weighted by Gasteiger charge is -2.35. The minimum Gasteiger partial charge on any atom is -0.508 e. The summed E-state index contributed by atoms with van der Waals surface area (Å²) in [4.78, 5) is 0. The molecule has 2 bridgehead atoms. The van der Waals surface area contributed by atoms with Gasteiger partial charge in [-0.15, -0.1) is 0 Å². The van der Waals surface area contributed by atoms with Crippen molar-refractivity contribution in [2.75, 3.05) is 0 Å². The van der Waals surface area contributed by atoms with Crippen LogP contribution in [0.25, 0.3) is 11.1 Å². The standard InChI is InChI=1S/C19H18O2/c1-11-2-4-12(5-3-11)15-10-16(20)17-13-6-8-14(9-7-13)18(17)19(15)21/h2-6,8,10,13-14,20-21H,7,9H2,1H3/t13-,14+/m1/s1. The zero-order valence-electron chi connectivity index (χ0n) is 12.0. The molecule has 0 aliphatic heterocycles. The van der Waals surface area contributed by atoms with Gasteiger partial charge in [0.2, 0.25) is 0 Å². The third kappa shape index (κ3) is 1.79. The molecule has 5 rings (SSSR count). The van der Waals surface area contributed by atoms with Gasteiger partial charge in [-0.1, -0.05) is 42.0 Å². The Bertz CT molecular complexity index is 741. The molecular formula is C19H18O2. The lowest BCUT2D eigenvalue weighted by atomic mass is 9.70. The van der Waals surface area contributed by atoms with Crippen molar-refractivity contribution in [1.82, 2.24) is 0 Å². The maximum absolute atomic E-state index is 10.8. The Labute approximate surface area is 124 Å². The molecule has 2 nitrogen and oxygen atoms in total. The first-order chi connectivity index (χ1) is 10.1. The molecule has 0 heterocycles. The third-order valence-corrected chi connectivity index (χ3v) is 4.83. The van der Waals surface area contributed by atoms with E-state index in [-0.39, 0.29) is 11.8 Å². The van der Waals surface area contributed by atoms with Crippen molar-refractivity contribution in [1.29, 1.82) is 0 Å². The number of rotatable bonds is 1. The van der Waals surface area contributed by atoms with E-state index in [1.165, 1.54) is 5.56 Å². The average Bonchev–Trinajstić information content (AvgIpc) is 2.52. The molecule has 2 aromatic carbocycles. The first-order valence-electron chi connectivity index (χ1n) is 7.49. The number of hydrogen-bond acceptors (Lipinski definition) is 2. The molecule has 0 saturated heterocycles. The second-order valence-corrected chi connectivity index (χ2v) is 6.16. The van der Waals surface area contributed by atoms with E-state index in [1.807, 2.05) is 31.2 Å². The van der Waals surface area contributed by atoms with Crippen molar-refractivity contribution in [2.24, 2.45) is 0 Å². The highest BCUT2D eigenvalue weighted by atomic mass is 16.3. The van der Waals surface area contributed by atoms with Gasteiger partial charge in [-0.2, -0.15) is 0 Å². The van der Waals surface area contributed by atoms with Crippen molar-refractivity contribution in [2.45, 2.75) is 31.6 Å². The van der Waals surface area contributed by atoms with Crippen LogP contribution in [0.4, 0.5) is 0 Å². The molecule has 2 N–H and O–H groups in total. The lowest BCUT2D eigenvalue weighted by molar-refractivity contribution is 0.423. The van der Waals surface area contributed by atoms with Crippen LogP contribution >= 0.6 is 0 Å². The van der Waals surface area contributed by atoms with E-state index in [4.69, 9.17) is 0 Å². The van der Waals surface area contributed by atoms with E-state index < -0.39 is 0 Å². The number of phenolic OH excluding ortho intramolecular Hbond substituents is 2. The molecule has 2 aromatic rings. The molecule has 0 radical (unpaired) electrons. The summed E-state index contributed by atoms with van der Waals surface area (Å²) in [5, 5.41) is 21.2. The third-order valence-electron chi connectivity index (χ3n) is 4.83. The van der Waals surface area contributed by atoms with Gasteiger partial charge in [0.05, 0.1) is 0 Å². The highest BCUT2D eigenvalue weighted by molar-refractivity contribution is 5.77. The zero-order valence-corrected chi connectivity index (χ0v) is 12.0. The fourth-order valence-electron chi connectivity index (χ4n) is 3.71. The number of hydrogen-bond donors (Lipinski definition) is 2. The van der Waals surface area contributed by atoms with Gasteiger partial charge in [0.15, 0.2) is 0 Å². The van der Waals surface area contributed by atoms with E-state index in [0.717, 1.165) is 35.1 Å². The summed E-state index contributed by atoms with van der Waals surface area (Å²) in [6.45, 7) is 2.04. The van der Waals surface area contributed by atoms with Gasteiger partial charge in [0.25, 0.3) is 0 Å². The summed E-state index contributed by atoms with van der Waals surface area (Å²) in [5.41, 5.74) is 4.72. The molecule has 2 atom stereocenters. The maximum atomic E-state index is 10.8. The van der Waals surface area contributed by atoms with Crippen LogP contribution in [0.5, 0.6) is 11.5 Å². The molecule has 3 aliphatic carbocycles. The van der Waals surface area contributed by atoms with Gasteiger partial charge < -0.3 is 10.2 Å². The van der Waals surface area contributed by atoms with Crippen molar-refractivity contribution in [3.8, 4) is 22.6 Å². The molecule has 0 amide bonds. The second-order valence-electron chi connectivity index (χ2n) is 6.16. The first-order valence-corrected chi connectivity index (χ1v) is 7.49. The van der Waals surface area contributed by atoms with Crippen LogP contribution in [0.15, 0.2) is 42.5 Å². The fraction of sp³-hybridized carbons (Fsp3) is 0.263. The molecule has 2 heteroatoms. The smallest absolute Gasteiger partial charge is 0.127 e. The van der Waals surface area contributed by atoms with Crippen LogP contribution in [0.1, 0.15) is 41.4 Å².